The number of esters is 1. The van der Waals surface area contributed by atoms with Crippen molar-refractivity contribution < 1.29 is 24.0 Å². The minimum absolute atomic E-state index is 0.0819. The second-order valence-corrected chi connectivity index (χ2v) is 6.23. The van der Waals surface area contributed by atoms with Gasteiger partial charge in [-0.2, -0.15) is 0 Å². The van der Waals surface area contributed by atoms with E-state index in [1.807, 2.05) is 0 Å². The van der Waals surface area contributed by atoms with Crippen molar-refractivity contribution in [3.63, 3.8) is 0 Å². The number of para-hydroxylation sites is 3. The third kappa shape index (κ3) is 3.83. The molecule has 1 N–H and O–H groups in total. The Balaban J connectivity index is 1.79. The SMILES string of the molecule is C[C@H]1CC(=O)Nc2ccccc2N1C(=O)COC(=O)c1ccccc1[N+](=O)[O-]. The number of amides is 2. The Bertz CT molecular complexity index is 958. The van der Waals surface area contributed by atoms with Gasteiger partial charge in [0.25, 0.3) is 11.6 Å². The number of anilines is 2. The minimum atomic E-state index is -0.967. The van der Waals surface area contributed by atoms with Crippen LogP contribution in [0.4, 0.5) is 17.1 Å². The van der Waals surface area contributed by atoms with Crippen LogP contribution >= 0.6 is 0 Å². The number of nitro benzene ring substituents is 1. The third-order valence-corrected chi connectivity index (χ3v) is 4.28. The lowest BCUT2D eigenvalue weighted by Crippen LogP contribution is -2.41. The van der Waals surface area contributed by atoms with Crippen LogP contribution in [0.15, 0.2) is 48.5 Å². The van der Waals surface area contributed by atoms with E-state index in [-0.39, 0.29) is 17.9 Å². The van der Waals surface area contributed by atoms with Gasteiger partial charge in [0.1, 0.15) is 5.56 Å². The number of ether oxygens (including phenoxy) is 1. The first-order valence-corrected chi connectivity index (χ1v) is 8.50. The molecule has 1 atom stereocenters. The van der Waals surface area contributed by atoms with Gasteiger partial charge in [0.15, 0.2) is 6.61 Å². The summed E-state index contributed by atoms with van der Waals surface area (Å²) >= 11 is 0. The maximum absolute atomic E-state index is 12.8. The molecule has 0 saturated heterocycles. The van der Waals surface area contributed by atoms with Crippen molar-refractivity contribution in [3.05, 3.63) is 64.2 Å². The molecule has 0 saturated carbocycles. The average molecular weight is 383 g/mol. The first-order chi connectivity index (χ1) is 13.4. The fourth-order valence-electron chi connectivity index (χ4n) is 3.05. The second-order valence-electron chi connectivity index (χ2n) is 6.23. The molecule has 0 spiro atoms. The van der Waals surface area contributed by atoms with Crippen molar-refractivity contribution in [1.29, 1.82) is 0 Å². The van der Waals surface area contributed by atoms with Crippen LogP contribution in [0.25, 0.3) is 0 Å². The van der Waals surface area contributed by atoms with Gasteiger partial charge in [0.2, 0.25) is 5.91 Å². The van der Waals surface area contributed by atoms with Gasteiger partial charge < -0.3 is 15.0 Å². The van der Waals surface area contributed by atoms with Crippen LogP contribution in [0.1, 0.15) is 23.7 Å². The highest BCUT2D eigenvalue weighted by molar-refractivity contribution is 6.05. The van der Waals surface area contributed by atoms with E-state index in [4.69, 9.17) is 4.74 Å². The van der Waals surface area contributed by atoms with Gasteiger partial charge in [-0.15, -0.1) is 0 Å². The molecule has 1 aliphatic rings. The Hall–Kier alpha value is -3.75. The lowest BCUT2D eigenvalue weighted by molar-refractivity contribution is -0.385. The Kier molecular flexibility index (Phi) is 5.35. The molecule has 1 heterocycles. The number of rotatable bonds is 4. The quantitative estimate of drug-likeness (QED) is 0.492. The zero-order valence-electron chi connectivity index (χ0n) is 15.0. The summed E-state index contributed by atoms with van der Waals surface area (Å²) < 4.78 is 5.03. The summed E-state index contributed by atoms with van der Waals surface area (Å²) in [5.74, 6) is -1.74. The molecule has 144 valence electrons. The van der Waals surface area contributed by atoms with Crippen molar-refractivity contribution in [2.45, 2.75) is 19.4 Å². The van der Waals surface area contributed by atoms with Gasteiger partial charge >= 0.3 is 5.97 Å². The second kappa shape index (κ2) is 7.87. The average Bonchev–Trinajstić information content (AvgIpc) is 2.80. The smallest absolute Gasteiger partial charge is 0.345 e. The summed E-state index contributed by atoms with van der Waals surface area (Å²) in [6.07, 6.45) is 0.0819. The van der Waals surface area contributed by atoms with Crippen LogP contribution < -0.4 is 10.2 Å². The highest BCUT2D eigenvalue weighted by atomic mass is 16.6. The Morgan fingerprint density at radius 2 is 1.89 bits per heavy atom. The number of benzene rings is 2. The molecule has 0 radical (unpaired) electrons. The molecule has 0 aromatic heterocycles. The third-order valence-electron chi connectivity index (χ3n) is 4.28. The van der Waals surface area contributed by atoms with Crippen LogP contribution in [-0.4, -0.2) is 35.4 Å². The number of nitrogens with one attached hydrogen (secondary N) is 1. The molecule has 28 heavy (non-hydrogen) atoms. The summed E-state index contributed by atoms with van der Waals surface area (Å²) in [6, 6.07) is 11.7. The van der Waals surface area contributed by atoms with Crippen molar-refractivity contribution in [3.8, 4) is 0 Å². The van der Waals surface area contributed by atoms with Crippen LogP contribution in [0.5, 0.6) is 0 Å². The van der Waals surface area contributed by atoms with Gasteiger partial charge in [-0.3, -0.25) is 19.7 Å². The molecule has 2 aromatic carbocycles. The first kappa shape index (κ1) is 19.0. The van der Waals surface area contributed by atoms with Crippen molar-refractivity contribution >= 4 is 34.8 Å². The monoisotopic (exact) mass is 383 g/mol. The molecule has 9 heteroatoms. The topological polar surface area (TPSA) is 119 Å². The number of hydrogen-bond donors (Lipinski definition) is 1. The molecule has 2 amide bonds. The molecule has 3 rings (SSSR count). The predicted octanol–water partition coefficient (Wildman–Crippen LogP) is 2.52. The summed E-state index contributed by atoms with van der Waals surface area (Å²) in [5.41, 5.74) is 0.340. The largest absolute Gasteiger partial charge is 0.452 e. The molecule has 0 fully saturated rings. The number of nitrogens with zero attached hydrogens (tertiary/aromatic N) is 2. The van der Waals surface area contributed by atoms with E-state index in [1.54, 1.807) is 31.2 Å². The summed E-state index contributed by atoms with van der Waals surface area (Å²) in [6.45, 7) is 1.10. The Morgan fingerprint density at radius 1 is 1.21 bits per heavy atom. The molecule has 9 nitrogen and oxygen atoms in total. The highest BCUT2D eigenvalue weighted by Gasteiger charge is 2.30. The summed E-state index contributed by atoms with van der Waals surface area (Å²) in [4.78, 5) is 48.7. The van der Waals surface area contributed by atoms with Gasteiger partial charge in [-0.25, -0.2) is 4.79 Å². The number of hydrogen-bond acceptors (Lipinski definition) is 6. The summed E-state index contributed by atoms with van der Waals surface area (Å²) in [7, 11) is 0. The summed E-state index contributed by atoms with van der Waals surface area (Å²) in [5, 5.41) is 13.8. The fraction of sp³-hybridized carbons (Fsp3) is 0.211. The molecule has 0 unspecified atom stereocenters. The van der Waals surface area contributed by atoms with E-state index >= 15 is 0 Å². The zero-order chi connectivity index (χ0) is 20.3. The number of fused-ring (bicyclic) bond motifs is 1. The van der Waals surface area contributed by atoms with Gasteiger partial charge in [-0.05, 0) is 25.1 Å². The molecular formula is C19H17N3O6. The maximum Gasteiger partial charge on any atom is 0.345 e. The standard InChI is InChI=1S/C19H17N3O6/c1-12-10-17(23)20-14-7-3-5-9-16(14)21(12)18(24)11-28-19(25)13-6-2-4-8-15(13)22(26)27/h2-9,12H,10-11H2,1H3,(H,20,23)/t12-/m0/s1. The van der Waals surface area contributed by atoms with Crippen LogP contribution in [0, 0.1) is 10.1 Å². The molecule has 2 aromatic rings. The molecule has 0 bridgehead atoms. The molecule has 0 aliphatic carbocycles. The fourth-order valence-corrected chi connectivity index (χ4v) is 3.05. The van der Waals surface area contributed by atoms with Crippen LogP contribution in [0.2, 0.25) is 0 Å². The molecular weight excluding hydrogens is 366 g/mol. The molecule has 1 aliphatic heterocycles. The van der Waals surface area contributed by atoms with Crippen molar-refractivity contribution in [2.24, 2.45) is 0 Å². The van der Waals surface area contributed by atoms with E-state index in [0.29, 0.717) is 11.4 Å². The van der Waals surface area contributed by atoms with E-state index in [1.165, 1.54) is 29.2 Å². The van der Waals surface area contributed by atoms with Gasteiger partial charge in [0.05, 0.1) is 16.3 Å². The minimum Gasteiger partial charge on any atom is -0.452 e. The highest BCUT2D eigenvalue weighted by Crippen LogP contribution is 2.31. The van der Waals surface area contributed by atoms with Crippen LogP contribution in [0.3, 0.4) is 0 Å². The Morgan fingerprint density at radius 3 is 2.64 bits per heavy atom. The number of carbonyl (C=O) groups is 3. The number of nitro groups is 1. The van der Waals surface area contributed by atoms with Crippen molar-refractivity contribution in [1.82, 2.24) is 0 Å². The van der Waals surface area contributed by atoms with E-state index < -0.39 is 35.1 Å². The van der Waals surface area contributed by atoms with Gasteiger partial charge in [0, 0.05) is 18.5 Å². The van der Waals surface area contributed by atoms with E-state index in [2.05, 4.69) is 5.32 Å². The van der Waals surface area contributed by atoms with E-state index in [0.717, 1.165) is 0 Å². The van der Waals surface area contributed by atoms with Gasteiger partial charge in [-0.1, -0.05) is 24.3 Å². The first-order valence-electron chi connectivity index (χ1n) is 8.50. The Labute approximate surface area is 160 Å². The zero-order valence-corrected chi connectivity index (χ0v) is 15.0. The van der Waals surface area contributed by atoms with E-state index in [9.17, 15) is 24.5 Å². The lowest BCUT2D eigenvalue weighted by Gasteiger charge is -2.27. The van der Waals surface area contributed by atoms with Crippen LogP contribution in [-0.2, 0) is 14.3 Å². The predicted molar refractivity (Wildman–Crippen MR) is 100 cm³/mol. The normalized spacial score (nSPS) is 15.8. The maximum atomic E-state index is 12.8. The van der Waals surface area contributed by atoms with Crippen molar-refractivity contribution in [2.75, 3.05) is 16.8 Å². The lowest BCUT2D eigenvalue weighted by atomic mass is 10.1. The number of carbonyl (C=O) groups excluding carboxylic acids is 3.